The van der Waals surface area contributed by atoms with Crippen LogP contribution in [0.5, 0.6) is 17.6 Å². The predicted octanol–water partition coefficient (Wildman–Crippen LogP) is 16.1. The first-order valence-electron chi connectivity index (χ1n) is 26.5. The van der Waals surface area contributed by atoms with Gasteiger partial charge >= 0.3 is 0 Å². The van der Waals surface area contributed by atoms with Crippen LogP contribution in [0.15, 0.2) is 87.0 Å². The average Bonchev–Trinajstić information content (AvgIpc) is 3.50. The van der Waals surface area contributed by atoms with Crippen molar-refractivity contribution in [2.75, 3.05) is 55.6 Å². The number of fused-ring (bicyclic) bond motifs is 6. The van der Waals surface area contributed by atoms with Crippen molar-refractivity contribution in [3.8, 4) is 17.6 Å². The quantitative estimate of drug-likeness (QED) is 0.0984. The fourth-order valence-electron chi connectivity index (χ4n) is 11.2. The van der Waals surface area contributed by atoms with Crippen LogP contribution in [-0.4, -0.2) is 87.9 Å². The third-order valence-corrected chi connectivity index (χ3v) is 18.2. The van der Waals surface area contributed by atoms with E-state index in [-0.39, 0.29) is 18.3 Å². The topological polar surface area (TPSA) is 182 Å². The SMILES string of the molecule is [C-]#[N+]c1cc(Cl)c(Nc2ncnc(OC3C4CCCC3COC4)c2Br)c(Br)c1.[C-]#[N+]c1ccc(Nc2cc(OC3C4CCCC3COC4)ncn2)c(Cl)c1.[C-]#[N+]c1ccc(Nc2ncnc(OC3C4CCCC3COC4)c2Br)c(Cl)c1. The number of hydrogen-bond donors (Lipinski definition) is 3. The van der Waals surface area contributed by atoms with Gasteiger partial charge in [-0.05, 0) is 123 Å². The molecule has 3 aromatic heterocycles. The molecule has 6 aliphatic rings. The predicted molar refractivity (Wildman–Crippen MR) is 320 cm³/mol. The van der Waals surface area contributed by atoms with Crippen LogP contribution in [0.2, 0.25) is 15.1 Å². The summed E-state index contributed by atoms with van der Waals surface area (Å²) in [6, 6.07) is 15.3. The van der Waals surface area contributed by atoms with E-state index in [1.165, 1.54) is 38.2 Å². The molecule has 0 radical (unpaired) electrons. The first-order valence-corrected chi connectivity index (χ1v) is 30.0. The third kappa shape index (κ3) is 14.4. The lowest BCUT2D eigenvalue weighted by Gasteiger charge is -2.41. The van der Waals surface area contributed by atoms with Gasteiger partial charge in [-0.1, -0.05) is 66.2 Å². The Hall–Kier alpha value is -5.64. The van der Waals surface area contributed by atoms with Gasteiger partial charge < -0.3 is 44.4 Å². The Morgan fingerprint density at radius 2 is 0.889 bits per heavy atom. The highest BCUT2D eigenvalue weighted by atomic mass is 79.9. The van der Waals surface area contributed by atoms with E-state index < -0.39 is 0 Å². The van der Waals surface area contributed by atoms with E-state index in [9.17, 15) is 0 Å². The number of nitrogens with one attached hydrogen (secondary N) is 3. The highest BCUT2D eigenvalue weighted by Crippen LogP contribution is 2.44. The molecule has 3 saturated heterocycles. The molecule has 6 bridgehead atoms. The van der Waals surface area contributed by atoms with E-state index in [1.807, 2.05) is 0 Å². The molecule has 6 fully saturated rings. The second-order valence-electron chi connectivity index (χ2n) is 20.5. The van der Waals surface area contributed by atoms with Gasteiger partial charge in [0.25, 0.3) is 0 Å². The molecule has 3 aliphatic carbocycles. The zero-order chi connectivity index (χ0) is 56.4. The van der Waals surface area contributed by atoms with Crippen molar-refractivity contribution in [3.63, 3.8) is 0 Å². The average molecular weight is 1350 g/mol. The van der Waals surface area contributed by atoms with Gasteiger partial charge in [-0.3, -0.25) is 0 Å². The largest absolute Gasteiger partial charge is 0.473 e. The first-order chi connectivity index (χ1) is 39.4. The van der Waals surface area contributed by atoms with E-state index in [0.717, 1.165) is 78.2 Å². The first kappa shape index (κ1) is 58.6. The van der Waals surface area contributed by atoms with Crippen LogP contribution in [0.25, 0.3) is 14.5 Å². The number of nitrogens with zero attached hydrogens (tertiary/aromatic N) is 9. The molecule has 24 heteroatoms. The van der Waals surface area contributed by atoms with E-state index in [2.05, 4.69) is 108 Å². The number of halogens is 6. The summed E-state index contributed by atoms with van der Waals surface area (Å²) in [6.45, 7) is 25.7. The van der Waals surface area contributed by atoms with Gasteiger partial charge in [0.1, 0.15) is 52.1 Å². The highest BCUT2D eigenvalue weighted by molar-refractivity contribution is 9.11. The lowest BCUT2D eigenvalue weighted by molar-refractivity contribution is -0.0921. The van der Waals surface area contributed by atoms with Gasteiger partial charge in [-0.15, -0.1) is 0 Å². The summed E-state index contributed by atoms with van der Waals surface area (Å²) in [5, 5.41) is 10.9. The third-order valence-electron chi connectivity index (χ3n) is 15.2. The number of aromatic nitrogens is 6. The second-order valence-corrected chi connectivity index (χ2v) is 24.1. The van der Waals surface area contributed by atoms with Crippen LogP contribution < -0.4 is 30.2 Å². The van der Waals surface area contributed by atoms with Gasteiger partial charge in [-0.2, -0.15) is 0 Å². The fraction of sp³-hybridized carbons (Fsp3) is 0.421. The molecule has 12 rings (SSSR count). The number of anilines is 6. The van der Waals surface area contributed by atoms with Gasteiger partial charge in [0.05, 0.1) is 91.5 Å². The zero-order valence-electron chi connectivity index (χ0n) is 43.5. The van der Waals surface area contributed by atoms with Crippen molar-refractivity contribution in [2.45, 2.75) is 76.1 Å². The van der Waals surface area contributed by atoms with Gasteiger partial charge in [0, 0.05) is 46.0 Å². The molecule has 6 heterocycles. The van der Waals surface area contributed by atoms with Gasteiger partial charge in [0.2, 0.25) is 17.6 Å². The van der Waals surface area contributed by atoms with Crippen LogP contribution in [-0.2, 0) is 14.2 Å². The highest BCUT2D eigenvalue weighted by Gasteiger charge is 2.42. The summed E-state index contributed by atoms with van der Waals surface area (Å²) in [7, 11) is 0. The minimum Gasteiger partial charge on any atom is -0.473 e. The van der Waals surface area contributed by atoms with Crippen molar-refractivity contribution in [1.29, 1.82) is 0 Å². The summed E-state index contributed by atoms with van der Waals surface area (Å²) in [5.74, 6) is 5.77. The van der Waals surface area contributed by atoms with Crippen LogP contribution in [0.4, 0.5) is 51.6 Å². The molecule has 0 spiro atoms. The molecule has 3 saturated carbocycles. The molecule has 18 nitrogen and oxygen atoms in total. The normalized spacial score (nSPS) is 24.1. The lowest BCUT2D eigenvalue weighted by atomic mass is 9.78. The maximum absolute atomic E-state index is 7.14. The van der Waals surface area contributed by atoms with E-state index in [0.29, 0.717) is 133 Å². The number of hydrogen-bond acceptors (Lipinski definition) is 15. The summed E-state index contributed by atoms with van der Waals surface area (Å²) in [6.07, 6.45) is 15.3. The summed E-state index contributed by atoms with van der Waals surface area (Å²) < 4.78 is 37.9. The minimum atomic E-state index is 0.106. The minimum absolute atomic E-state index is 0.106. The van der Waals surface area contributed by atoms with E-state index >= 15 is 0 Å². The fourth-order valence-corrected chi connectivity index (χ4v) is 13.4. The number of rotatable bonds is 12. The molecule has 81 heavy (non-hydrogen) atoms. The summed E-state index contributed by atoms with van der Waals surface area (Å²) in [5.41, 5.74) is 3.42. The van der Waals surface area contributed by atoms with Crippen LogP contribution >= 0.6 is 82.6 Å². The number of benzene rings is 3. The summed E-state index contributed by atoms with van der Waals surface area (Å²) >= 11 is 29.4. The Morgan fingerprint density at radius 1 is 0.469 bits per heavy atom. The molecule has 3 aliphatic heterocycles. The standard InChI is InChI=1S/C19H17Br2ClN4O2.C19H18BrClN4O2.C19H19ClN4O2/c1-23-12-5-13(20)16(14(22)6-12)26-18-15(21)19(25-9-24-18)28-17-10-3-2-4-11(17)8-27-7-10;1-22-13-5-6-15(14(21)7-13)25-18-16(20)19(24-10-23-18)27-17-11-3-2-4-12(17)9-26-8-11;1-21-14-5-6-16(15(20)7-14)24-17-8-18(23-11-22-17)26-19-12-3-2-4-13(19)10-25-9-12/h5-6,9-11,17H,2-4,7-8H2,(H,24,25,26);5-7,10-12,17H,2-4,8-9H2,(H,23,24,25);5-8,11-13,19H,2-4,9-10H2,(H,22,23,24). The Kier molecular flexibility index (Phi) is 20.0. The molecule has 3 N–H and O–H groups in total. The maximum atomic E-state index is 7.14. The zero-order valence-corrected chi connectivity index (χ0v) is 50.5. The molecule has 3 aromatic carbocycles. The second kappa shape index (κ2) is 27.6. The van der Waals surface area contributed by atoms with Crippen molar-refractivity contribution in [1.82, 2.24) is 29.9 Å². The Balaban J connectivity index is 0.000000136. The van der Waals surface area contributed by atoms with Crippen molar-refractivity contribution < 1.29 is 28.4 Å². The molecule has 420 valence electrons. The maximum Gasteiger partial charge on any atom is 0.233 e. The summed E-state index contributed by atoms with van der Waals surface area (Å²) in [4.78, 5) is 35.9. The lowest BCUT2D eigenvalue weighted by Crippen LogP contribution is -2.46. The molecule has 6 atom stereocenters. The van der Waals surface area contributed by atoms with Gasteiger partial charge in [-0.25, -0.2) is 44.4 Å². The molecule has 6 aromatic rings. The van der Waals surface area contributed by atoms with Gasteiger partial charge in [0.15, 0.2) is 28.7 Å². The smallest absolute Gasteiger partial charge is 0.233 e. The molecular weight excluding hydrogens is 1290 g/mol. The molecule has 0 amide bonds. The molecule has 6 unspecified atom stereocenters. The van der Waals surface area contributed by atoms with Crippen molar-refractivity contribution in [2.24, 2.45) is 35.5 Å². The Bertz CT molecular complexity index is 3270. The van der Waals surface area contributed by atoms with Crippen molar-refractivity contribution in [3.05, 3.63) is 136 Å². The monoisotopic (exact) mass is 1340 g/mol. The van der Waals surface area contributed by atoms with E-state index in [1.54, 1.807) is 54.6 Å². The number of ether oxygens (including phenoxy) is 6. The van der Waals surface area contributed by atoms with Crippen LogP contribution in [0, 0.1) is 55.2 Å². The van der Waals surface area contributed by atoms with E-state index in [4.69, 9.17) is 82.9 Å². The molecular formula is C57H54Br3Cl3N12O6. The van der Waals surface area contributed by atoms with Crippen LogP contribution in [0.3, 0.4) is 0 Å². The Morgan fingerprint density at radius 3 is 1.33 bits per heavy atom. The van der Waals surface area contributed by atoms with Crippen molar-refractivity contribution >= 4 is 134 Å². The Labute approximate surface area is 510 Å². The van der Waals surface area contributed by atoms with Crippen LogP contribution in [0.1, 0.15) is 57.8 Å².